The number of hydrogen-bond acceptors (Lipinski definition) is 10. The Morgan fingerprint density at radius 2 is 1.85 bits per heavy atom. The van der Waals surface area contributed by atoms with Crippen molar-refractivity contribution in [1.29, 1.82) is 0 Å². The number of carboxylic acid groups (broad SMARTS) is 1. The number of allylic oxidation sites excluding steroid dienone is 1. The van der Waals surface area contributed by atoms with Crippen molar-refractivity contribution in [2.45, 2.75) is 63.3 Å². The summed E-state index contributed by atoms with van der Waals surface area (Å²) in [5.41, 5.74) is 0.861. The maximum atomic E-state index is 13.2. The van der Waals surface area contributed by atoms with E-state index in [4.69, 9.17) is 13.9 Å². The third-order valence-corrected chi connectivity index (χ3v) is 8.73. The number of carboxylic acids is 1. The van der Waals surface area contributed by atoms with Gasteiger partial charge in [0.25, 0.3) is 0 Å². The smallest absolute Gasteiger partial charge is 0.335 e. The number of aryl methyl sites for hydroxylation is 1. The number of hydrogen-bond donors (Lipinski definition) is 6. The molecule has 5 rings (SSSR count). The molecule has 1 saturated heterocycles. The zero-order valence-corrected chi connectivity index (χ0v) is 26.8. The predicted octanol–water partition coefficient (Wildman–Crippen LogP) is 4.09. The van der Waals surface area contributed by atoms with Gasteiger partial charge in [0.2, 0.25) is 6.29 Å². The van der Waals surface area contributed by atoms with E-state index in [1.54, 1.807) is 12.1 Å². The molecule has 1 aliphatic heterocycles. The lowest BCUT2D eigenvalue weighted by Gasteiger charge is -2.46. The third kappa shape index (κ3) is 7.61. The fourth-order valence-electron chi connectivity index (χ4n) is 5.80. The highest BCUT2D eigenvalue weighted by atomic mass is 16.7. The molecule has 0 unspecified atom stereocenters. The average Bonchev–Trinajstić information content (AvgIpc) is 3.08. The molecule has 1 aliphatic rings. The van der Waals surface area contributed by atoms with Crippen molar-refractivity contribution in [3.05, 3.63) is 100 Å². The first-order chi connectivity index (χ1) is 23.0. The summed E-state index contributed by atoms with van der Waals surface area (Å²) in [6.07, 6.45) is 0.583. The number of fused-ring (bicyclic) bond motifs is 1. The molecule has 48 heavy (non-hydrogen) atoms. The zero-order chi connectivity index (χ0) is 34.4. The second-order valence-electron chi connectivity index (χ2n) is 12.2. The predicted molar refractivity (Wildman–Crippen MR) is 180 cm³/mol. The first-order valence-electron chi connectivity index (χ1n) is 16.0. The molecule has 0 radical (unpaired) electrons. The van der Waals surface area contributed by atoms with E-state index in [1.165, 1.54) is 47.7 Å². The van der Waals surface area contributed by atoms with Crippen LogP contribution in [0.4, 0.5) is 0 Å². The van der Waals surface area contributed by atoms with Crippen molar-refractivity contribution in [3.63, 3.8) is 0 Å². The van der Waals surface area contributed by atoms with Gasteiger partial charge in [-0.15, -0.1) is 0 Å². The molecule has 0 aliphatic carbocycles. The van der Waals surface area contributed by atoms with Crippen molar-refractivity contribution in [2.75, 3.05) is 13.1 Å². The van der Waals surface area contributed by atoms with Gasteiger partial charge in [-0.3, -0.25) is 4.79 Å². The van der Waals surface area contributed by atoms with Crippen LogP contribution in [0.5, 0.6) is 11.5 Å². The molecule has 11 heteroatoms. The molecule has 4 aromatic rings. The maximum absolute atomic E-state index is 13.2. The van der Waals surface area contributed by atoms with Crippen LogP contribution in [0.25, 0.3) is 28.2 Å². The Labute approximate surface area is 277 Å². The van der Waals surface area contributed by atoms with E-state index >= 15 is 0 Å². The minimum atomic E-state index is -2.25. The molecule has 3 aromatic carbocycles. The van der Waals surface area contributed by atoms with E-state index < -0.39 is 36.2 Å². The number of phenols is 1. The van der Waals surface area contributed by atoms with Gasteiger partial charge < -0.3 is 44.7 Å². The number of ether oxygens (including phenoxy) is 2. The lowest BCUT2D eigenvalue weighted by molar-refractivity contribution is -0.311. The van der Waals surface area contributed by atoms with Crippen molar-refractivity contribution in [3.8, 4) is 22.6 Å². The number of aliphatic hydroxyl groups excluding tert-OH is 2. The van der Waals surface area contributed by atoms with Gasteiger partial charge in [-0.2, -0.15) is 0 Å². The average molecular weight is 660 g/mol. The number of aromatic hydroxyl groups is 1. The first kappa shape index (κ1) is 34.8. The number of benzene rings is 3. The van der Waals surface area contributed by atoms with Crippen LogP contribution in [0.2, 0.25) is 0 Å². The second kappa shape index (κ2) is 15.1. The second-order valence-corrected chi connectivity index (χ2v) is 12.2. The largest absolute Gasteiger partial charge is 0.508 e. The molecule has 0 spiro atoms. The fraction of sp³-hybridized carbons (Fsp3) is 0.351. The van der Waals surface area contributed by atoms with Crippen LogP contribution in [0.1, 0.15) is 37.8 Å². The molecule has 1 fully saturated rings. The number of phenolic OH excluding ortho intramolecular Hbond substituents is 1. The quantitative estimate of drug-likeness (QED) is 0.114. The normalized spacial score (nSPS) is 23.4. The Kier molecular flexibility index (Phi) is 11.0. The van der Waals surface area contributed by atoms with Gasteiger partial charge in [0.05, 0.1) is 10.9 Å². The number of carbonyl (C=O) groups is 1. The molecule has 6 N–H and O–H groups in total. The standard InChI is InChI=1S/C37H41NO10/c1-3-23-8-4-5-9-24(23)10-6-7-22(2)17-18-38-21-37(45)34(42)32(41)33(35(43)44)48-36(37)47-27-15-16-28-30(19-27)46-20-29(31(28)40)25-11-13-26(39)14-12-25/h4-6,8-16,19-20,22,32-34,36,38-39,41-42,45H,3,7,17-18,21H2,1-2H3,(H,43,44)/b10-6+/t22-,32+,33-,34-,36+,37+/m0/s1. The minimum absolute atomic E-state index is 0.0560. The number of nitrogens with one attached hydrogen (secondary N) is 1. The molecule has 254 valence electrons. The third-order valence-electron chi connectivity index (χ3n) is 8.73. The first-order valence-corrected chi connectivity index (χ1v) is 16.0. The van der Waals surface area contributed by atoms with Crippen LogP contribution in [0, 0.1) is 5.92 Å². The molecule has 0 saturated carbocycles. The van der Waals surface area contributed by atoms with Crippen LogP contribution in [0.15, 0.2) is 88.3 Å². The van der Waals surface area contributed by atoms with Crippen LogP contribution in [-0.4, -0.2) is 74.8 Å². The van der Waals surface area contributed by atoms with Gasteiger partial charge in [-0.05, 0) is 72.7 Å². The van der Waals surface area contributed by atoms with Gasteiger partial charge in [0.1, 0.15) is 35.6 Å². The van der Waals surface area contributed by atoms with Crippen LogP contribution < -0.4 is 15.5 Å². The van der Waals surface area contributed by atoms with E-state index in [-0.39, 0.29) is 40.0 Å². The molecule has 0 bridgehead atoms. The van der Waals surface area contributed by atoms with Gasteiger partial charge in [-0.1, -0.05) is 62.4 Å². The van der Waals surface area contributed by atoms with E-state index in [9.17, 15) is 35.1 Å². The highest BCUT2D eigenvalue weighted by Crippen LogP contribution is 2.33. The highest BCUT2D eigenvalue weighted by molar-refractivity contribution is 5.82. The summed E-state index contributed by atoms with van der Waals surface area (Å²) in [5, 5.41) is 55.6. The summed E-state index contributed by atoms with van der Waals surface area (Å²) in [4.78, 5) is 25.0. The summed E-state index contributed by atoms with van der Waals surface area (Å²) in [6.45, 7) is 4.39. The Morgan fingerprint density at radius 3 is 2.58 bits per heavy atom. The van der Waals surface area contributed by atoms with Gasteiger partial charge in [0, 0.05) is 12.6 Å². The Morgan fingerprint density at radius 1 is 1.10 bits per heavy atom. The van der Waals surface area contributed by atoms with Gasteiger partial charge >= 0.3 is 5.97 Å². The Bertz CT molecular complexity index is 1800. The van der Waals surface area contributed by atoms with Crippen molar-refractivity contribution in [1.82, 2.24) is 5.32 Å². The summed E-state index contributed by atoms with van der Waals surface area (Å²) >= 11 is 0. The lowest BCUT2D eigenvalue weighted by Crippen LogP contribution is -2.71. The fourth-order valence-corrected chi connectivity index (χ4v) is 5.80. The molecule has 2 heterocycles. The Hall–Kier alpha value is -4.52. The highest BCUT2D eigenvalue weighted by Gasteiger charge is 2.58. The zero-order valence-electron chi connectivity index (χ0n) is 26.8. The molecule has 0 amide bonds. The summed E-state index contributed by atoms with van der Waals surface area (Å²) in [5.74, 6) is -1.13. The number of aliphatic hydroxyl groups is 3. The monoisotopic (exact) mass is 659 g/mol. The van der Waals surface area contributed by atoms with E-state index in [1.807, 2.05) is 12.1 Å². The van der Waals surface area contributed by atoms with Crippen molar-refractivity contribution < 1.29 is 44.2 Å². The SMILES string of the molecule is CCc1ccccc1/C=C/C[C@H](C)CCNC[C@]1(O)[C@H](Oc2ccc3c(=O)c(-c4ccc(O)cc4)coc3c2)O[C@H](C(=O)O)[C@@H](O)[C@@H]1O. The van der Waals surface area contributed by atoms with E-state index in [0.29, 0.717) is 18.0 Å². The topological polar surface area (TPSA) is 179 Å². The van der Waals surface area contributed by atoms with Crippen molar-refractivity contribution >= 4 is 23.0 Å². The molecular weight excluding hydrogens is 618 g/mol. The summed E-state index contributed by atoms with van der Waals surface area (Å²) in [6, 6.07) is 18.6. The number of rotatable bonds is 13. The van der Waals surface area contributed by atoms with Gasteiger partial charge in [-0.25, -0.2) is 4.79 Å². The molecule has 6 atom stereocenters. The molecular formula is C37H41NO10. The Balaban J connectivity index is 1.27. The maximum Gasteiger partial charge on any atom is 0.335 e. The number of aliphatic carboxylic acids is 1. The summed E-state index contributed by atoms with van der Waals surface area (Å²) < 4.78 is 17.1. The van der Waals surface area contributed by atoms with Gasteiger partial charge in [0.15, 0.2) is 17.1 Å². The van der Waals surface area contributed by atoms with Crippen LogP contribution in [0.3, 0.4) is 0 Å². The van der Waals surface area contributed by atoms with E-state index in [0.717, 1.165) is 19.3 Å². The lowest BCUT2D eigenvalue weighted by atomic mass is 9.86. The van der Waals surface area contributed by atoms with Crippen LogP contribution in [-0.2, 0) is 16.0 Å². The van der Waals surface area contributed by atoms with E-state index in [2.05, 4.69) is 43.4 Å². The molecule has 11 nitrogen and oxygen atoms in total. The summed E-state index contributed by atoms with van der Waals surface area (Å²) in [7, 11) is 0. The van der Waals surface area contributed by atoms with Crippen molar-refractivity contribution in [2.24, 2.45) is 5.92 Å². The molecule has 1 aromatic heterocycles. The van der Waals surface area contributed by atoms with Crippen LogP contribution >= 0.6 is 0 Å². The minimum Gasteiger partial charge on any atom is -0.508 e.